The first-order chi connectivity index (χ1) is 19.4. The third-order valence-electron chi connectivity index (χ3n) is 5.66. The van der Waals surface area contributed by atoms with Crippen LogP contribution in [0.15, 0.2) is 64.2 Å². The third kappa shape index (κ3) is 10.4. The van der Waals surface area contributed by atoms with Gasteiger partial charge in [0.25, 0.3) is 11.8 Å². The Bertz CT molecular complexity index is 1420. The van der Waals surface area contributed by atoms with Crippen LogP contribution in [0.25, 0.3) is 0 Å². The van der Waals surface area contributed by atoms with Crippen molar-refractivity contribution in [3.8, 4) is 11.5 Å². The molecule has 0 aliphatic heterocycles. The summed E-state index contributed by atoms with van der Waals surface area (Å²) in [6.45, 7) is 5.66. The van der Waals surface area contributed by atoms with E-state index in [1.165, 1.54) is 12.3 Å². The molecule has 0 aliphatic carbocycles. The molecule has 0 heterocycles. The molecule has 0 bridgehead atoms. The zero-order valence-electron chi connectivity index (χ0n) is 22.4. The van der Waals surface area contributed by atoms with Gasteiger partial charge < -0.3 is 14.8 Å². The predicted molar refractivity (Wildman–Crippen MR) is 169 cm³/mol. The van der Waals surface area contributed by atoms with E-state index in [-0.39, 0.29) is 17.5 Å². The van der Waals surface area contributed by atoms with Crippen LogP contribution in [0, 0.1) is 5.92 Å². The number of ether oxygens (including phenoxy) is 2. The molecule has 0 aromatic heterocycles. The first-order valence-electron chi connectivity index (χ1n) is 12.5. The molecule has 0 fully saturated rings. The summed E-state index contributed by atoms with van der Waals surface area (Å²) >= 11 is 27.7. The van der Waals surface area contributed by atoms with E-state index < -0.39 is 24.0 Å². The van der Waals surface area contributed by atoms with Gasteiger partial charge in [0.2, 0.25) is 0 Å². The second-order valence-electron chi connectivity index (χ2n) is 9.47. The van der Waals surface area contributed by atoms with Crippen molar-refractivity contribution in [1.29, 1.82) is 0 Å². The van der Waals surface area contributed by atoms with Crippen LogP contribution in [-0.4, -0.2) is 30.2 Å². The Kier molecular flexibility index (Phi) is 12.6. The largest absolute Gasteiger partial charge is 0.488 e. The van der Waals surface area contributed by atoms with Gasteiger partial charge in [0.1, 0.15) is 24.1 Å². The summed E-state index contributed by atoms with van der Waals surface area (Å²) in [4.78, 5) is 25.9. The van der Waals surface area contributed by atoms with E-state index in [1.54, 1.807) is 49.4 Å². The Morgan fingerprint density at radius 2 is 1.56 bits per heavy atom. The lowest BCUT2D eigenvalue weighted by atomic mass is 10.0. The summed E-state index contributed by atoms with van der Waals surface area (Å²) in [6.07, 6.45) is 0.925. The van der Waals surface area contributed by atoms with E-state index in [1.807, 2.05) is 19.9 Å². The van der Waals surface area contributed by atoms with Crippen LogP contribution in [0.1, 0.15) is 38.3 Å². The Morgan fingerprint density at radius 1 is 0.902 bits per heavy atom. The number of rotatable bonds is 12. The van der Waals surface area contributed by atoms with Gasteiger partial charge in [0, 0.05) is 30.7 Å². The van der Waals surface area contributed by atoms with Crippen molar-refractivity contribution in [3.05, 3.63) is 90.3 Å². The lowest BCUT2D eigenvalue weighted by Gasteiger charge is -2.22. The molecule has 3 aromatic rings. The van der Waals surface area contributed by atoms with Crippen LogP contribution >= 0.6 is 62.3 Å². The number of hydrogen-bond acceptors (Lipinski definition) is 5. The number of hydrogen-bond donors (Lipinski definition) is 2. The Hall–Kier alpha value is -2.49. The fourth-order valence-corrected chi connectivity index (χ4v) is 4.89. The van der Waals surface area contributed by atoms with Crippen LogP contribution in [0.3, 0.4) is 0 Å². The molecule has 3 aromatic carbocycles. The van der Waals surface area contributed by atoms with Crippen LogP contribution in [0.5, 0.6) is 11.5 Å². The summed E-state index contributed by atoms with van der Waals surface area (Å²) in [5, 5.41) is 8.60. The van der Waals surface area contributed by atoms with Gasteiger partial charge in [0.05, 0.1) is 11.2 Å². The molecule has 2 amide bonds. The lowest BCUT2D eigenvalue weighted by molar-refractivity contribution is -0.132. The van der Waals surface area contributed by atoms with Crippen molar-refractivity contribution in [2.75, 3.05) is 0 Å². The molecule has 0 unspecified atom stereocenters. The average molecular weight is 704 g/mol. The first-order valence-corrected chi connectivity index (χ1v) is 14.8. The predicted octanol–water partition coefficient (Wildman–Crippen LogP) is 8.09. The Morgan fingerprint density at radius 3 is 2.22 bits per heavy atom. The Labute approximate surface area is 267 Å². The SMILES string of the molecule is CC(C)C[C@H](NC(=O)[C@@H](C)Oc1ccc(Cl)cc1Cl)C(=O)N/N=C\c1cc(Br)ccc1OCc1ccc(Cl)cc1Cl. The number of carbonyl (C=O) groups is 2. The van der Waals surface area contributed by atoms with Crippen LogP contribution < -0.4 is 20.2 Å². The van der Waals surface area contributed by atoms with Gasteiger partial charge in [-0.3, -0.25) is 9.59 Å². The molecule has 2 atom stereocenters. The third-order valence-corrected chi connectivity index (χ3v) is 7.27. The fourth-order valence-electron chi connectivity index (χ4n) is 3.60. The number of benzene rings is 3. The van der Waals surface area contributed by atoms with Gasteiger partial charge in [-0.2, -0.15) is 5.10 Å². The minimum absolute atomic E-state index is 0.113. The highest BCUT2D eigenvalue weighted by molar-refractivity contribution is 9.10. The van der Waals surface area contributed by atoms with Crippen molar-refractivity contribution in [2.45, 2.75) is 45.9 Å². The maximum atomic E-state index is 13.0. The van der Waals surface area contributed by atoms with Gasteiger partial charge in [-0.1, -0.05) is 82.2 Å². The van der Waals surface area contributed by atoms with E-state index in [4.69, 9.17) is 55.9 Å². The van der Waals surface area contributed by atoms with Gasteiger partial charge >= 0.3 is 0 Å². The van der Waals surface area contributed by atoms with Crippen molar-refractivity contribution in [3.63, 3.8) is 0 Å². The second-order valence-corrected chi connectivity index (χ2v) is 12.1. The first kappa shape index (κ1) is 33.0. The fraction of sp³-hybridized carbons (Fsp3) is 0.276. The average Bonchev–Trinajstić information content (AvgIpc) is 2.89. The van der Waals surface area contributed by atoms with Crippen molar-refractivity contribution < 1.29 is 19.1 Å². The smallest absolute Gasteiger partial charge is 0.262 e. The minimum atomic E-state index is -0.921. The highest BCUT2D eigenvalue weighted by Gasteiger charge is 2.25. The van der Waals surface area contributed by atoms with E-state index in [0.29, 0.717) is 38.6 Å². The quantitative estimate of drug-likeness (QED) is 0.147. The number of nitrogens with one attached hydrogen (secondary N) is 2. The van der Waals surface area contributed by atoms with Gasteiger partial charge in [-0.25, -0.2) is 5.43 Å². The van der Waals surface area contributed by atoms with Crippen LogP contribution in [0.4, 0.5) is 0 Å². The molecule has 0 saturated carbocycles. The summed E-state index contributed by atoms with van der Waals surface area (Å²) in [6, 6.07) is 14.4. The van der Waals surface area contributed by atoms with Crippen molar-refractivity contribution >= 4 is 80.4 Å². The highest BCUT2D eigenvalue weighted by atomic mass is 79.9. The molecule has 12 heteroatoms. The maximum absolute atomic E-state index is 13.0. The zero-order valence-corrected chi connectivity index (χ0v) is 27.0. The summed E-state index contributed by atoms with van der Waals surface area (Å²) in [5.41, 5.74) is 3.88. The van der Waals surface area contributed by atoms with E-state index in [9.17, 15) is 9.59 Å². The molecule has 41 heavy (non-hydrogen) atoms. The molecular formula is C29H28BrCl4N3O4. The minimum Gasteiger partial charge on any atom is -0.488 e. The zero-order chi connectivity index (χ0) is 30.1. The molecule has 0 aliphatic rings. The standard InChI is InChI=1S/C29H28BrCl4N3O4/c1-16(2)10-25(36-28(38)17(3)41-27-9-7-22(32)13-24(27)34)29(39)37-35-14-19-11-20(30)5-8-26(19)40-15-18-4-6-21(31)12-23(18)33/h4-9,11-14,16-17,25H,10,15H2,1-3H3,(H,36,38)(H,37,39)/b35-14-/t17-,25+/m1/s1. The number of nitrogens with zero attached hydrogens (tertiary/aromatic N) is 1. The normalized spacial score (nSPS) is 12.7. The van der Waals surface area contributed by atoms with Crippen molar-refractivity contribution in [1.82, 2.24) is 10.7 Å². The summed E-state index contributed by atoms with van der Waals surface area (Å²) in [7, 11) is 0. The maximum Gasteiger partial charge on any atom is 0.262 e. The highest BCUT2D eigenvalue weighted by Crippen LogP contribution is 2.29. The number of carbonyl (C=O) groups excluding carboxylic acids is 2. The molecular weight excluding hydrogens is 676 g/mol. The van der Waals surface area contributed by atoms with Gasteiger partial charge in [0.15, 0.2) is 6.10 Å². The van der Waals surface area contributed by atoms with E-state index in [2.05, 4.69) is 31.8 Å². The van der Waals surface area contributed by atoms with Gasteiger partial charge in [-0.05, 0) is 67.8 Å². The van der Waals surface area contributed by atoms with Gasteiger partial charge in [-0.15, -0.1) is 0 Å². The number of hydrazone groups is 1. The topological polar surface area (TPSA) is 89.0 Å². The molecule has 0 radical (unpaired) electrons. The molecule has 3 rings (SSSR count). The second kappa shape index (κ2) is 15.7. The summed E-state index contributed by atoms with van der Waals surface area (Å²) < 4.78 is 12.4. The van der Waals surface area contributed by atoms with E-state index in [0.717, 1.165) is 10.0 Å². The number of halogens is 5. The molecule has 2 N–H and O–H groups in total. The number of amides is 2. The molecule has 218 valence electrons. The monoisotopic (exact) mass is 701 g/mol. The van der Waals surface area contributed by atoms with E-state index >= 15 is 0 Å². The van der Waals surface area contributed by atoms with Crippen molar-refractivity contribution in [2.24, 2.45) is 11.0 Å². The molecule has 7 nitrogen and oxygen atoms in total. The lowest BCUT2D eigenvalue weighted by Crippen LogP contribution is -2.49. The Balaban J connectivity index is 1.65. The molecule has 0 spiro atoms. The molecule has 0 saturated heterocycles. The van der Waals surface area contributed by atoms with Crippen LogP contribution in [-0.2, 0) is 16.2 Å². The van der Waals surface area contributed by atoms with Crippen LogP contribution in [0.2, 0.25) is 20.1 Å². The summed E-state index contributed by atoms with van der Waals surface area (Å²) in [5.74, 6) is -0.0221.